The quantitative estimate of drug-likeness (QED) is 0.722. The number of benzene rings is 2. The number of rotatable bonds is 5. The summed E-state index contributed by atoms with van der Waals surface area (Å²) in [5, 5.41) is 0. The van der Waals surface area contributed by atoms with Crippen molar-refractivity contribution in [2.75, 3.05) is 26.2 Å². The normalized spacial score (nSPS) is 21.1. The molecule has 2 aromatic rings. The Morgan fingerprint density at radius 1 is 0.966 bits per heavy atom. The van der Waals surface area contributed by atoms with Crippen LogP contribution in [0.1, 0.15) is 38.2 Å². The fraction of sp³-hybridized carbons (Fsp3) is 0.480. The molecule has 2 aliphatic rings. The van der Waals surface area contributed by atoms with Crippen molar-refractivity contribution in [1.29, 1.82) is 0 Å². The lowest BCUT2D eigenvalue weighted by Gasteiger charge is -2.37. The van der Waals surface area contributed by atoms with Gasteiger partial charge in [-0.15, -0.1) is 0 Å². The molecule has 2 aromatic carbocycles. The third kappa shape index (κ3) is 5.39. The van der Waals surface area contributed by atoms with E-state index in [1.54, 1.807) is 0 Å². The Hall–Kier alpha value is -2.33. The van der Waals surface area contributed by atoms with Gasteiger partial charge in [-0.25, -0.2) is 0 Å². The summed E-state index contributed by atoms with van der Waals surface area (Å²) in [6, 6.07) is 18.2. The van der Waals surface area contributed by atoms with Crippen LogP contribution in [0.4, 0.5) is 0 Å². The predicted molar refractivity (Wildman–Crippen MR) is 116 cm³/mol. The van der Waals surface area contributed by atoms with E-state index in [2.05, 4.69) is 34.9 Å². The van der Waals surface area contributed by atoms with Crippen LogP contribution in [0, 0.1) is 11.8 Å². The fourth-order valence-electron chi connectivity index (χ4n) is 4.58. The van der Waals surface area contributed by atoms with Crippen LogP contribution in [0.3, 0.4) is 0 Å². The molecule has 4 rings (SSSR count). The molecule has 0 aliphatic carbocycles. The van der Waals surface area contributed by atoms with Gasteiger partial charge in [0.05, 0.1) is 0 Å². The van der Waals surface area contributed by atoms with Gasteiger partial charge in [0.2, 0.25) is 5.91 Å². The summed E-state index contributed by atoms with van der Waals surface area (Å²) in [5.74, 6) is 2.99. The Bertz CT molecular complexity index is 799. The number of piperidine rings is 2. The molecular weight excluding hydrogens is 360 g/mol. The molecule has 154 valence electrons. The lowest BCUT2D eigenvalue weighted by molar-refractivity contribution is -0.138. The Morgan fingerprint density at radius 3 is 2.48 bits per heavy atom. The summed E-state index contributed by atoms with van der Waals surface area (Å²) >= 11 is 0. The topological polar surface area (TPSA) is 32.8 Å². The number of amides is 1. The minimum Gasteiger partial charge on any atom is -0.457 e. The zero-order valence-corrected chi connectivity index (χ0v) is 17.4. The highest BCUT2D eigenvalue weighted by molar-refractivity contribution is 5.79. The van der Waals surface area contributed by atoms with E-state index in [9.17, 15) is 4.79 Å². The van der Waals surface area contributed by atoms with Crippen LogP contribution in [-0.4, -0.2) is 41.9 Å². The second-order valence-electron chi connectivity index (χ2n) is 8.64. The van der Waals surface area contributed by atoms with Crippen LogP contribution in [0.2, 0.25) is 0 Å². The first-order chi connectivity index (χ1) is 14.2. The summed E-state index contributed by atoms with van der Waals surface area (Å²) in [7, 11) is 0. The van der Waals surface area contributed by atoms with Crippen molar-refractivity contribution >= 4 is 5.91 Å². The van der Waals surface area contributed by atoms with E-state index < -0.39 is 0 Å². The number of ether oxygens (including phenoxy) is 1. The molecule has 29 heavy (non-hydrogen) atoms. The van der Waals surface area contributed by atoms with Crippen LogP contribution in [0.15, 0.2) is 54.6 Å². The largest absolute Gasteiger partial charge is 0.457 e. The molecule has 2 fully saturated rings. The van der Waals surface area contributed by atoms with Crippen molar-refractivity contribution in [3.8, 4) is 11.5 Å². The highest BCUT2D eigenvalue weighted by atomic mass is 16.5. The molecule has 0 spiro atoms. The first-order valence-electron chi connectivity index (χ1n) is 11.0. The lowest BCUT2D eigenvalue weighted by Crippen LogP contribution is -2.45. The maximum Gasteiger partial charge on any atom is 0.225 e. The number of likely N-dealkylation sites (tertiary alicyclic amines) is 2. The first-order valence-corrected chi connectivity index (χ1v) is 11.0. The summed E-state index contributed by atoms with van der Waals surface area (Å²) in [6.45, 7) is 7.06. The van der Waals surface area contributed by atoms with E-state index in [0.29, 0.717) is 11.8 Å². The average molecular weight is 393 g/mol. The van der Waals surface area contributed by atoms with E-state index >= 15 is 0 Å². The highest BCUT2D eigenvalue weighted by Gasteiger charge is 2.30. The second-order valence-corrected chi connectivity index (χ2v) is 8.64. The molecular formula is C25H32N2O2. The molecule has 4 heteroatoms. The molecule has 4 nitrogen and oxygen atoms in total. The molecule has 0 bridgehead atoms. The number of carbonyl (C=O) groups excluding carboxylic acids is 1. The maximum absolute atomic E-state index is 12.9. The van der Waals surface area contributed by atoms with E-state index in [-0.39, 0.29) is 5.92 Å². The van der Waals surface area contributed by atoms with E-state index in [4.69, 9.17) is 4.74 Å². The molecule has 2 heterocycles. The number of nitrogens with zero attached hydrogens (tertiary/aromatic N) is 2. The van der Waals surface area contributed by atoms with E-state index in [1.165, 1.54) is 12.0 Å². The number of para-hydroxylation sites is 1. The third-order valence-electron chi connectivity index (χ3n) is 6.19. The van der Waals surface area contributed by atoms with Gasteiger partial charge in [-0.1, -0.05) is 37.3 Å². The lowest BCUT2D eigenvalue weighted by atomic mass is 9.92. The Balaban J connectivity index is 1.28. The van der Waals surface area contributed by atoms with Crippen molar-refractivity contribution in [3.05, 3.63) is 60.2 Å². The van der Waals surface area contributed by atoms with Gasteiger partial charge in [-0.05, 0) is 74.5 Å². The molecule has 0 aromatic heterocycles. The molecule has 0 N–H and O–H groups in total. The average Bonchev–Trinajstić information content (AvgIpc) is 2.75. The van der Waals surface area contributed by atoms with Gasteiger partial charge >= 0.3 is 0 Å². The fourth-order valence-corrected chi connectivity index (χ4v) is 4.58. The summed E-state index contributed by atoms with van der Waals surface area (Å²) in [6.07, 6.45) is 4.37. The zero-order chi connectivity index (χ0) is 20.1. The van der Waals surface area contributed by atoms with E-state index in [1.807, 2.05) is 36.4 Å². The summed E-state index contributed by atoms with van der Waals surface area (Å²) in [4.78, 5) is 17.5. The van der Waals surface area contributed by atoms with Gasteiger partial charge in [0.25, 0.3) is 0 Å². The van der Waals surface area contributed by atoms with Crippen molar-refractivity contribution in [1.82, 2.24) is 9.80 Å². The number of carbonyl (C=O) groups is 1. The molecule has 2 aliphatic heterocycles. The highest BCUT2D eigenvalue weighted by Crippen LogP contribution is 2.26. The van der Waals surface area contributed by atoms with Crippen molar-refractivity contribution < 1.29 is 9.53 Å². The van der Waals surface area contributed by atoms with Crippen molar-refractivity contribution in [2.45, 2.75) is 39.2 Å². The SMILES string of the molecule is CC1CCCN(C(=O)C2CCN(Cc3cccc(Oc4ccccc4)c3)CC2)C1. The minimum absolute atomic E-state index is 0.212. The maximum atomic E-state index is 12.9. The van der Waals surface area contributed by atoms with Gasteiger partial charge in [-0.2, -0.15) is 0 Å². The van der Waals surface area contributed by atoms with Gasteiger partial charge in [0, 0.05) is 25.6 Å². The van der Waals surface area contributed by atoms with Gasteiger partial charge in [0.15, 0.2) is 0 Å². The molecule has 1 unspecified atom stereocenters. The number of hydrogen-bond acceptors (Lipinski definition) is 3. The first kappa shape index (κ1) is 20.0. The van der Waals surface area contributed by atoms with E-state index in [0.717, 1.165) is 63.5 Å². The van der Waals surface area contributed by atoms with Crippen LogP contribution < -0.4 is 4.74 Å². The van der Waals surface area contributed by atoms with Crippen LogP contribution >= 0.6 is 0 Å². The van der Waals surface area contributed by atoms with Crippen LogP contribution in [0.25, 0.3) is 0 Å². The molecule has 1 amide bonds. The smallest absolute Gasteiger partial charge is 0.225 e. The third-order valence-corrected chi connectivity index (χ3v) is 6.19. The summed E-state index contributed by atoms with van der Waals surface area (Å²) < 4.78 is 5.96. The predicted octanol–water partition coefficient (Wildman–Crippen LogP) is 4.95. The Morgan fingerprint density at radius 2 is 1.72 bits per heavy atom. The van der Waals surface area contributed by atoms with Crippen LogP contribution in [0.5, 0.6) is 11.5 Å². The van der Waals surface area contributed by atoms with Gasteiger partial charge < -0.3 is 9.64 Å². The Labute approximate surface area is 174 Å². The van der Waals surface area contributed by atoms with Gasteiger partial charge in [0.1, 0.15) is 11.5 Å². The number of hydrogen-bond donors (Lipinski definition) is 0. The van der Waals surface area contributed by atoms with Crippen molar-refractivity contribution in [3.63, 3.8) is 0 Å². The van der Waals surface area contributed by atoms with Crippen LogP contribution in [-0.2, 0) is 11.3 Å². The monoisotopic (exact) mass is 392 g/mol. The standard InChI is InChI=1S/C25H32N2O2/c1-20-7-6-14-27(18-20)25(28)22-12-15-26(16-13-22)19-21-8-5-11-24(17-21)29-23-9-3-2-4-10-23/h2-5,8-11,17,20,22H,6-7,12-16,18-19H2,1H3. The summed E-state index contributed by atoms with van der Waals surface area (Å²) in [5.41, 5.74) is 1.26. The Kier molecular flexibility index (Phi) is 6.50. The van der Waals surface area contributed by atoms with Gasteiger partial charge in [-0.3, -0.25) is 9.69 Å². The molecule has 0 saturated carbocycles. The second kappa shape index (κ2) is 9.45. The molecule has 2 saturated heterocycles. The van der Waals surface area contributed by atoms with Crippen molar-refractivity contribution in [2.24, 2.45) is 11.8 Å². The molecule has 0 radical (unpaired) electrons. The molecule has 1 atom stereocenters. The zero-order valence-electron chi connectivity index (χ0n) is 17.4. The minimum atomic E-state index is 0.212.